The molecule has 0 bridgehead atoms. The van der Waals surface area contributed by atoms with Gasteiger partial charge in [0.15, 0.2) is 5.82 Å². The fourth-order valence-electron chi connectivity index (χ4n) is 0.724. The van der Waals surface area contributed by atoms with Gasteiger partial charge in [0, 0.05) is 7.11 Å². The third-order valence-electron chi connectivity index (χ3n) is 1.31. The Kier molecular flexibility index (Phi) is 4.11. The smallest absolute Gasteiger partial charge is 0.251 e. The van der Waals surface area contributed by atoms with Crippen LogP contribution in [0.1, 0.15) is 0 Å². The Morgan fingerprint density at radius 3 is 2.92 bits per heavy atom. The van der Waals surface area contributed by atoms with Crippen molar-refractivity contribution in [1.29, 1.82) is 0 Å². The maximum Gasteiger partial charge on any atom is 0.251 e. The molecule has 0 spiro atoms. The van der Waals surface area contributed by atoms with Gasteiger partial charge < -0.3 is 9.47 Å². The highest BCUT2D eigenvalue weighted by atomic mass is 79.9. The molecular weight excluding hydrogens is 241 g/mol. The highest BCUT2D eigenvalue weighted by Gasteiger charge is 2.04. The highest BCUT2D eigenvalue weighted by molar-refractivity contribution is 9.10. The van der Waals surface area contributed by atoms with Crippen LogP contribution in [0.2, 0.25) is 0 Å². The van der Waals surface area contributed by atoms with E-state index in [-0.39, 0.29) is 12.5 Å². The summed E-state index contributed by atoms with van der Waals surface area (Å²) in [4.78, 5) is 3.81. The summed E-state index contributed by atoms with van der Waals surface area (Å²) in [6.45, 7) is 0.699. The van der Waals surface area contributed by atoms with Gasteiger partial charge in [-0.3, -0.25) is 0 Å². The third kappa shape index (κ3) is 3.28. The van der Waals surface area contributed by atoms with Crippen molar-refractivity contribution >= 4 is 15.9 Å². The molecule has 0 aromatic carbocycles. The number of aromatic nitrogens is 1. The normalized spacial score (nSPS) is 10.1. The van der Waals surface area contributed by atoms with E-state index in [0.29, 0.717) is 11.2 Å². The summed E-state index contributed by atoms with van der Waals surface area (Å²) in [7, 11) is 1.55. The van der Waals surface area contributed by atoms with Crippen LogP contribution in [-0.2, 0) is 4.74 Å². The molecule has 0 atom stereocenters. The van der Waals surface area contributed by atoms with Gasteiger partial charge in [-0.25, -0.2) is 9.37 Å². The first-order chi connectivity index (χ1) is 6.24. The van der Waals surface area contributed by atoms with Crippen molar-refractivity contribution in [2.45, 2.75) is 0 Å². The van der Waals surface area contributed by atoms with E-state index in [0.717, 1.165) is 0 Å². The first kappa shape index (κ1) is 10.4. The summed E-state index contributed by atoms with van der Waals surface area (Å²) in [5.41, 5.74) is 0. The van der Waals surface area contributed by atoms with Crippen molar-refractivity contribution in [2.24, 2.45) is 0 Å². The van der Waals surface area contributed by atoms with Crippen LogP contribution in [0.5, 0.6) is 5.88 Å². The summed E-state index contributed by atoms with van der Waals surface area (Å²) in [5.74, 6) is -0.481. The molecule has 72 valence electrons. The maximum atomic E-state index is 12.9. The third-order valence-corrected chi connectivity index (χ3v) is 1.75. The molecule has 1 aromatic heterocycles. The van der Waals surface area contributed by atoms with E-state index >= 15 is 0 Å². The molecule has 0 fully saturated rings. The van der Waals surface area contributed by atoms with E-state index in [2.05, 4.69) is 20.9 Å². The van der Waals surface area contributed by atoms with Crippen molar-refractivity contribution in [1.82, 2.24) is 4.98 Å². The fourth-order valence-corrected chi connectivity index (χ4v) is 1.02. The number of rotatable bonds is 4. The monoisotopic (exact) mass is 249 g/mol. The minimum Gasteiger partial charge on any atom is -0.473 e. The zero-order chi connectivity index (χ0) is 9.68. The van der Waals surface area contributed by atoms with Crippen molar-refractivity contribution < 1.29 is 13.9 Å². The topological polar surface area (TPSA) is 31.4 Å². The molecule has 0 saturated carbocycles. The highest BCUT2D eigenvalue weighted by Crippen LogP contribution is 2.16. The molecule has 0 saturated heterocycles. The summed E-state index contributed by atoms with van der Waals surface area (Å²) in [6, 6.07) is 2.80. The minimum atomic E-state index is -0.473. The summed E-state index contributed by atoms with van der Waals surface area (Å²) >= 11 is 3.12. The fraction of sp³-hybridized carbons (Fsp3) is 0.375. The standard InChI is InChI=1S/C8H9BrFNO2/c1-12-4-5-13-8-6(10)2-3-7(9)11-8/h2-3H,4-5H2,1H3. The van der Waals surface area contributed by atoms with E-state index in [4.69, 9.17) is 9.47 Å². The van der Waals surface area contributed by atoms with E-state index in [1.807, 2.05) is 0 Å². The van der Waals surface area contributed by atoms with Crippen LogP contribution in [0.15, 0.2) is 16.7 Å². The molecular formula is C8H9BrFNO2. The Balaban J connectivity index is 2.59. The number of pyridine rings is 1. The predicted molar refractivity (Wildman–Crippen MR) is 49.3 cm³/mol. The number of halogens is 2. The van der Waals surface area contributed by atoms with Crippen LogP contribution in [-0.4, -0.2) is 25.3 Å². The minimum absolute atomic E-state index is 0.00794. The van der Waals surface area contributed by atoms with E-state index in [1.165, 1.54) is 12.1 Å². The van der Waals surface area contributed by atoms with Gasteiger partial charge in [0.2, 0.25) is 0 Å². The average molecular weight is 250 g/mol. The molecule has 5 heteroatoms. The molecule has 0 aliphatic rings. The Bertz CT molecular complexity index is 283. The van der Waals surface area contributed by atoms with E-state index in [9.17, 15) is 4.39 Å². The zero-order valence-electron chi connectivity index (χ0n) is 7.09. The Labute approximate surface area is 84.0 Å². The number of hydrogen-bond donors (Lipinski definition) is 0. The van der Waals surface area contributed by atoms with Gasteiger partial charge in [0.1, 0.15) is 11.2 Å². The zero-order valence-corrected chi connectivity index (χ0v) is 8.67. The number of hydrogen-bond acceptors (Lipinski definition) is 3. The number of ether oxygens (including phenoxy) is 2. The van der Waals surface area contributed by atoms with Crippen LogP contribution in [0.3, 0.4) is 0 Å². The second kappa shape index (κ2) is 5.14. The van der Waals surface area contributed by atoms with Gasteiger partial charge >= 0.3 is 0 Å². The van der Waals surface area contributed by atoms with Crippen molar-refractivity contribution in [3.8, 4) is 5.88 Å². The summed E-state index contributed by atoms with van der Waals surface area (Å²) in [5, 5.41) is 0. The van der Waals surface area contributed by atoms with Crippen molar-refractivity contribution in [2.75, 3.05) is 20.3 Å². The lowest BCUT2D eigenvalue weighted by molar-refractivity contribution is 0.141. The molecule has 1 heterocycles. The van der Waals surface area contributed by atoms with Gasteiger partial charge in [0.05, 0.1) is 6.61 Å². The van der Waals surface area contributed by atoms with Crippen LogP contribution < -0.4 is 4.74 Å². The summed E-state index contributed by atoms with van der Waals surface area (Å²) in [6.07, 6.45) is 0. The molecule has 1 rings (SSSR count). The lowest BCUT2D eigenvalue weighted by Crippen LogP contribution is -2.06. The van der Waals surface area contributed by atoms with Gasteiger partial charge in [-0.05, 0) is 28.1 Å². The van der Waals surface area contributed by atoms with Gasteiger partial charge in [-0.15, -0.1) is 0 Å². The van der Waals surface area contributed by atoms with Crippen LogP contribution >= 0.6 is 15.9 Å². The van der Waals surface area contributed by atoms with E-state index in [1.54, 1.807) is 7.11 Å². The van der Waals surface area contributed by atoms with Gasteiger partial charge in [0.25, 0.3) is 5.88 Å². The predicted octanol–water partition coefficient (Wildman–Crippen LogP) is 2.01. The molecule has 0 aliphatic heterocycles. The Morgan fingerprint density at radius 2 is 2.23 bits per heavy atom. The Morgan fingerprint density at radius 1 is 1.46 bits per heavy atom. The van der Waals surface area contributed by atoms with Gasteiger partial charge in [-0.2, -0.15) is 0 Å². The largest absolute Gasteiger partial charge is 0.473 e. The lowest BCUT2D eigenvalue weighted by atomic mass is 10.5. The van der Waals surface area contributed by atoms with Crippen molar-refractivity contribution in [3.63, 3.8) is 0 Å². The van der Waals surface area contributed by atoms with Crippen LogP contribution in [0, 0.1) is 5.82 Å². The molecule has 13 heavy (non-hydrogen) atoms. The molecule has 0 N–H and O–H groups in total. The quantitative estimate of drug-likeness (QED) is 0.605. The summed E-state index contributed by atoms with van der Waals surface area (Å²) < 4.78 is 23.3. The maximum absolute atomic E-state index is 12.9. The second-order valence-electron chi connectivity index (χ2n) is 2.26. The second-order valence-corrected chi connectivity index (χ2v) is 3.07. The van der Waals surface area contributed by atoms with Crippen molar-refractivity contribution in [3.05, 3.63) is 22.6 Å². The Hall–Kier alpha value is -0.680. The molecule has 1 aromatic rings. The van der Waals surface area contributed by atoms with Crippen LogP contribution in [0.4, 0.5) is 4.39 Å². The van der Waals surface area contributed by atoms with Crippen LogP contribution in [0.25, 0.3) is 0 Å². The SMILES string of the molecule is COCCOc1nc(Br)ccc1F. The first-order valence-corrected chi connectivity index (χ1v) is 4.47. The van der Waals surface area contributed by atoms with E-state index < -0.39 is 5.82 Å². The molecule has 0 amide bonds. The molecule has 3 nitrogen and oxygen atoms in total. The average Bonchev–Trinajstić information content (AvgIpc) is 2.11. The number of nitrogens with zero attached hydrogens (tertiary/aromatic N) is 1. The molecule has 0 aliphatic carbocycles. The molecule has 0 radical (unpaired) electrons. The first-order valence-electron chi connectivity index (χ1n) is 3.68. The number of methoxy groups -OCH3 is 1. The van der Waals surface area contributed by atoms with Gasteiger partial charge in [-0.1, -0.05) is 0 Å². The molecule has 0 unspecified atom stereocenters. The lowest BCUT2D eigenvalue weighted by Gasteiger charge is -2.04.